The smallest absolute Gasteiger partial charge is 0.282 e. The van der Waals surface area contributed by atoms with Crippen molar-refractivity contribution < 1.29 is 18.7 Å². The summed E-state index contributed by atoms with van der Waals surface area (Å²) in [5.41, 5.74) is 4.02. The third-order valence-corrected chi connectivity index (χ3v) is 5.32. The van der Waals surface area contributed by atoms with Crippen LogP contribution >= 0.6 is 0 Å². The second-order valence-corrected chi connectivity index (χ2v) is 8.31. The summed E-state index contributed by atoms with van der Waals surface area (Å²) < 4.78 is 19.1. The van der Waals surface area contributed by atoms with E-state index in [1.165, 1.54) is 24.3 Å². The maximum atomic E-state index is 13.5. The van der Waals surface area contributed by atoms with Crippen molar-refractivity contribution in [3.05, 3.63) is 94.9 Å². The molecule has 0 spiro atoms. The molecule has 0 aliphatic carbocycles. The Morgan fingerprint density at radius 3 is 2.15 bits per heavy atom. The molecule has 1 N–H and O–H groups in total. The molecule has 1 aliphatic heterocycles. The summed E-state index contributed by atoms with van der Waals surface area (Å²) in [5, 5.41) is 3.14. The molecule has 0 aromatic heterocycles. The number of amides is 2. The summed E-state index contributed by atoms with van der Waals surface area (Å²) in [7, 11) is 0. The molecule has 2 amide bonds. The zero-order chi connectivity index (χ0) is 23.7. The summed E-state index contributed by atoms with van der Waals surface area (Å²) in [6, 6.07) is 18.2. The molecule has 4 rings (SSSR count). The van der Waals surface area contributed by atoms with Gasteiger partial charge in [-0.25, -0.2) is 9.29 Å². The number of carbonyl (C=O) groups is 2. The van der Waals surface area contributed by atoms with Gasteiger partial charge in [0.15, 0.2) is 0 Å². The lowest BCUT2D eigenvalue weighted by atomic mass is 9.97. The van der Waals surface area contributed by atoms with E-state index in [9.17, 15) is 14.0 Å². The maximum absolute atomic E-state index is 13.5. The maximum Gasteiger partial charge on any atom is 0.282 e. The van der Waals surface area contributed by atoms with Crippen LogP contribution in [0.25, 0.3) is 5.57 Å². The molecule has 33 heavy (non-hydrogen) atoms. The first-order chi connectivity index (χ1) is 15.7. The minimum Gasteiger partial charge on any atom is -0.491 e. The highest BCUT2D eigenvalue weighted by Crippen LogP contribution is 2.35. The molecule has 0 saturated carbocycles. The molecule has 0 atom stereocenters. The van der Waals surface area contributed by atoms with Gasteiger partial charge in [-0.1, -0.05) is 23.8 Å². The molecule has 0 unspecified atom stereocenters. The monoisotopic (exact) mass is 444 g/mol. The van der Waals surface area contributed by atoms with Crippen LogP contribution < -0.4 is 15.0 Å². The predicted octanol–water partition coefficient (Wildman–Crippen LogP) is 5.63. The van der Waals surface area contributed by atoms with Gasteiger partial charge in [0.05, 0.1) is 17.4 Å². The first-order valence-corrected chi connectivity index (χ1v) is 10.7. The van der Waals surface area contributed by atoms with Gasteiger partial charge < -0.3 is 10.1 Å². The predicted molar refractivity (Wildman–Crippen MR) is 128 cm³/mol. The van der Waals surface area contributed by atoms with Crippen LogP contribution in [0.5, 0.6) is 5.75 Å². The summed E-state index contributed by atoms with van der Waals surface area (Å²) in [6.45, 7) is 7.76. The largest absolute Gasteiger partial charge is 0.491 e. The zero-order valence-corrected chi connectivity index (χ0v) is 19.0. The first-order valence-electron chi connectivity index (χ1n) is 10.7. The van der Waals surface area contributed by atoms with Crippen molar-refractivity contribution in [1.29, 1.82) is 0 Å². The molecule has 3 aromatic carbocycles. The highest BCUT2D eigenvalue weighted by Gasteiger charge is 2.40. The SMILES string of the molecule is Cc1ccc(C2=C(Nc3ccc(OC(C)C)cc3)C(=O)N(c3ccc(F)cc3)C2=O)c(C)c1. The molecule has 5 nitrogen and oxygen atoms in total. The number of imide groups is 1. The van der Waals surface area contributed by atoms with Crippen LogP contribution in [-0.4, -0.2) is 17.9 Å². The topological polar surface area (TPSA) is 58.6 Å². The van der Waals surface area contributed by atoms with Gasteiger partial charge in [0.2, 0.25) is 0 Å². The lowest BCUT2D eigenvalue weighted by Crippen LogP contribution is -2.32. The number of nitrogens with zero attached hydrogens (tertiary/aromatic N) is 1. The minimum absolute atomic E-state index is 0.0425. The average Bonchev–Trinajstić information content (AvgIpc) is 3.00. The third kappa shape index (κ3) is 4.51. The summed E-state index contributed by atoms with van der Waals surface area (Å²) in [6.07, 6.45) is 0.0425. The fourth-order valence-corrected chi connectivity index (χ4v) is 3.85. The second kappa shape index (κ2) is 8.90. The Morgan fingerprint density at radius 2 is 1.55 bits per heavy atom. The molecule has 1 heterocycles. The van der Waals surface area contributed by atoms with Crippen molar-refractivity contribution in [1.82, 2.24) is 0 Å². The van der Waals surface area contributed by atoms with E-state index < -0.39 is 17.6 Å². The normalized spacial score (nSPS) is 13.8. The molecule has 168 valence electrons. The number of anilines is 2. The molecule has 3 aromatic rings. The van der Waals surface area contributed by atoms with Crippen LogP contribution in [0.15, 0.2) is 72.4 Å². The Kier molecular flexibility index (Phi) is 6.01. The van der Waals surface area contributed by atoms with E-state index in [1.807, 2.05) is 45.9 Å². The lowest BCUT2D eigenvalue weighted by Gasteiger charge is -2.15. The van der Waals surface area contributed by atoms with Crippen LogP contribution in [0.3, 0.4) is 0 Å². The van der Waals surface area contributed by atoms with E-state index in [4.69, 9.17) is 4.74 Å². The van der Waals surface area contributed by atoms with Crippen molar-refractivity contribution in [3.63, 3.8) is 0 Å². The summed E-state index contributed by atoms with van der Waals surface area (Å²) in [4.78, 5) is 28.0. The van der Waals surface area contributed by atoms with Gasteiger partial charge >= 0.3 is 0 Å². The third-order valence-electron chi connectivity index (χ3n) is 5.32. The molecule has 1 aliphatic rings. The molecule has 0 saturated heterocycles. The summed E-state index contributed by atoms with van der Waals surface area (Å²) >= 11 is 0. The van der Waals surface area contributed by atoms with Crippen LogP contribution in [0.1, 0.15) is 30.5 Å². The number of rotatable bonds is 6. The molecule has 0 bridgehead atoms. The van der Waals surface area contributed by atoms with E-state index in [0.717, 1.165) is 16.0 Å². The van der Waals surface area contributed by atoms with Gasteiger partial charge in [0, 0.05) is 5.69 Å². The number of carbonyl (C=O) groups excluding carboxylic acids is 2. The Balaban J connectivity index is 1.77. The number of hydrogen-bond donors (Lipinski definition) is 1. The molecule has 6 heteroatoms. The van der Waals surface area contributed by atoms with E-state index in [-0.39, 0.29) is 17.4 Å². The number of aryl methyl sites for hydroxylation is 2. The molecular weight excluding hydrogens is 419 g/mol. The van der Waals surface area contributed by atoms with Crippen LogP contribution in [-0.2, 0) is 9.59 Å². The van der Waals surface area contributed by atoms with Crippen LogP contribution in [0, 0.1) is 19.7 Å². The van der Waals surface area contributed by atoms with Crippen molar-refractivity contribution >= 4 is 28.8 Å². The first kappa shape index (κ1) is 22.3. The van der Waals surface area contributed by atoms with Crippen molar-refractivity contribution in [2.24, 2.45) is 0 Å². The van der Waals surface area contributed by atoms with Crippen LogP contribution in [0.4, 0.5) is 15.8 Å². The van der Waals surface area contributed by atoms with Crippen molar-refractivity contribution in [3.8, 4) is 5.75 Å². The summed E-state index contributed by atoms with van der Waals surface area (Å²) in [5.74, 6) is -0.687. The Labute approximate surface area is 192 Å². The number of halogens is 1. The van der Waals surface area contributed by atoms with Crippen LogP contribution in [0.2, 0.25) is 0 Å². The van der Waals surface area contributed by atoms with Crippen molar-refractivity contribution in [2.45, 2.75) is 33.8 Å². The van der Waals surface area contributed by atoms with Gasteiger partial charge in [-0.2, -0.15) is 0 Å². The number of ether oxygens (including phenoxy) is 1. The van der Waals surface area contributed by atoms with E-state index >= 15 is 0 Å². The standard InChI is InChI=1S/C27H25FN2O3/c1-16(2)33-22-12-8-20(9-13-22)29-25-24(23-14-5-17(3)15-18(23)4)26(31)30(27(25)32)21-10-6-19(28)7-11-21/h5-16,29H,1-4H3. The molecular formula is C27H25FN2O3. The highest BCUT2D eigenvalue weighted by atomic mass is 19.1. The Morgan fingerprint density at radius 1 is 0.879 bits per heavy atom. The fraction of sp³-hybridized carbons (Fsp3) is 0.185. The van der Waals surface area contributed by atoms with Gasteiger partial charge in [-0.3, -0.25) is 9.59 Å². The Hall–Kier alpha value is -3.93. The lowest BCUT2D eigenvalue weighted by molar-refractivity contribution is -0.120. The minimum atomic E-state index is -0.496. The molecule has 0 radical (unpaired) electrons. The van der Waals surface area contributed by atoms with E-state index in [2.05, 4.69) is 5.32 Å². The van der Waals surface area contributed by atoms with Gasteiger partial charge in [-0.05, 0) is 87.4 Å². The second-order valence-electron chi connectivity index (χ2n) is 8.31. The zero-order valence-electron chi connectivity index (χ0n) is 19.0. The Bertz CT molecular complexity index is 1250. The van der Waals surface area contributed by atoms with E-state index in [0.29, 0.717) is 22.7 Å². The molecule has 0 fully saturated rings. The quantitative estimate of drug-likeness (QED) is 0.501. The fourth-order valence-electron chi connectivity index (χ4n) is 3.85. The van der Waals surface area contributed by atoms with Gasteiger partial charge in [0.1, 0.15) is 17.3 Å². The van der Waals surface area contributed by atoms with Gasteiger partial charge in [-0.15, -0.1) is 0 Å². The van der Waals surface area contributed by atoms with Gasteiger partial charge in [0.25, 0.3) is 11.8 Å². The number of hydrogen-bond acceptors (Lipinski definition) is 4. The van der Waals surface area contributed by atoms with Crippen molar-refractivity contribution in [2.75, 3.05) is 10.2 Å². The number of nitrogens with one attached hydrogen (secondary N) is 1. The van der Waals surface area contributed by atoms with E-state index in [1.54, 1.807) is 24.3 Å². The highest BCUT2D eigenvalue weighted by molar-refractivity contribution is 6.46. The average molecular weight is 445 g/mol. The number of benzene rings is 3.